The number of rotatable bonds is 9. The van der Waals surface area contributed by atoms with E-state index >= 15 is 0 Å². The van der Waals surface area contributed by atoms with Gasteiger partial charge in [-0.05, 0) is 91.0 Å². The number of fused-ring (bicyclic) bond motifs is 1. The predicted molar refractivity (Wildman–Crippen MR) is 160 cm³/mol. The Labute approximate surface area is 225 Å². The average Bonchev–Trinajstić information content (AvgIpc) is 3.73. The fourth-order valence-corrected chi connectivity index (χ4v) is 5.64. The van der Waals surface area contributed by atoms with E-state index in [1.807, 2.05) is 24.3 Å². The maximum Gasteiger partial charge on any atom is 0.0724 e. The summed E-state index contributed by atoms with van der Waals surface area (Å²) in [6.45, 7) is 6.27. The largest absolute Gasteiger partial charge is 0.248 e. The van der Waals surface area contributed by atoms with Gasteiger partial charge in [0.1, 0.15) is 0 Å². The Morgan fingerprint density at radius 2 is 1.81 bits per heavy atom. The van der Waals surface area contributed by atoms with Crippen LogP contribution in [0.15, 0.2) is 85.4 Å². The van der Waals surface area contributed by atoms with E-state index in [1.165, 1.54) is 35.1 Å². The zero-order valence-electron chi connectivity index (χ0n) is 20.6. The Morgan fingerprint density at radius 3 is 2.61 bits per heavy atom. The van der Waals surface area contributed by atoms with Crippen LogP contribution < -0.4 is 0 Å². The van der Waals surface area contributed by atoms with E-state index in [2.05, 4.69) is 80.3 Å². The van der Waals surface area contributed by atoms with E-state index in [0.29, 0.717) is 16.2 Å². The van der Waals surface area contributed by atoms with E-state index in [1.54, 1.807) is 5.92 Å². The van der Waals surface area contributed by atoms with Crippen LogP contribution in [0, 0.1) is 5.92 Å². The molecule has 5 rings (SSSR count). The van der Waals surface area contributed by atoms with Gasteiger partial charge in [0.15, 0.2) is 0 Å². The van der Waals surface area contributed by atoms with E-state index in [4.69, 9.17) is 29.2 Å². The van der Waals surface area contributed by atoms with Gasteiger partial charge >= 0.3 is 0 Å². The quantitative estimate of drug-likeness (QED) is 0.222. The molecule has 0 saturated heterocycles. The number of aryl methyl sites for hydroxylation is 1. The SMILES string of the molecule is C=C(C)c1ccccc1CCC(c1cccc(/C=C/c2ccc3ccc(Cl)cc3n2)c1)[C@H](S)[C]1CC1. The van der Waals surface area contributed by atoms with Gasteiger partial charge in [0.25, 0.3) is 0 Å². The smallest absolute Gasteiger partial charge is 0.0724 e. The number of allylic oxidation sites excluding steroid dienone is 1. The van der Waals surface area contributed by atoms with Crippen LogP contribution in [0.4, 0.5) is 0 Å². The number of nitrogens with zero attached hydrogens (tertiary/aromatic N) is 1. The summed E-state index contributed by atoms with van der Waals surface area (Å²) in [7, 11) is 0. The molecule has 0 N–H and O–H groups in total. The van der Waals surface area contributed by atoms with Gasteiger partial charge in [-0.15, -0.1) is 0 Å². The molecule has 1 aromatic heterocycles. The van der Waals surface area contributed by atoms with Crippen molar-refractivity contribution in [1.82, 2.24) is 4.98 Å². The molecule has 1 unspecified atom stereocenters. The molecule has 0 aliphatic heterocycles. The first-order chi connectivity index (χ1) is 17.5. The first-order valence-corrected chi connectivity index (χ1v) is 13.5. The first-order valence-electron chi connectivity index (χ1n) is 12.6. The molecule has 181 valence electrons. The number of halogens is 1. The van der Waals surface area contributed by atoms with Crippen molar-refractivity contribution in [2.24, 2.45) is 0 Å². The highest BCUT2D eigenvalue weighted by Crippen LogP contribution is 2.46. The monoisotopic (exact) mass is 508 g/mol. The molecule has 0 amide bonds. The van der Waals surface area contributed by atoms with E-state index in [-0.39, 0.29) is 0 Å². The summed E-state index contributed by atoms with van der Waals surface area (Å²) in [5, 5.41) is 2.09. The molecule has 0 bridgehead atoms. The van der Waals surface area contributed by atoms with Gasteiger partial charge in [-0.3, -0.25) is 0 Å². The molecule has 1 aliphatic carbocycles. The summed E-state index contributed by atoms with van der Waals surface area (Å²) in [6.07, 6.45) is 8.72. The fraction of sp³-hybridized carbons (Fsp3) is 0.212. The van der Waals surface area contributed by atoms with Crippen molar-refractivity contribution in [3.63, 3.8) is 0 Å². The van der Waals surface area contributed by atoms with Gasteiger partial charge in [-0.2, -0.15) is 12.6 Å². The standard InChI is InChI=1S/C33H31ClNS/c1-22(2)30-9-4-3-7-24(30)15-19-31(33(36)26-11-12-26)27-8-5-6-23(20-27)10-17-29-18-14-25-13-16-28(34)21-32(25)35-29/h3-10,13-14,16-18,20-21,31,33,36H,1,11-12,15,19H2,2H3/b17-10+/t31?,33-/m1/s1. The van der Waals surface area contributed by atoms with Crippen LogP contribution in [-0.4, -0.2) is 10.2 Å². The molecule has 1 aliphatic rings. The van der Waals surface area contributed by atoms with Crippen LogP contribution in [0.25, 0.3) is 28.6 Å². The van der Waals surface area contributed by atoms with Crippen LogP contribution in [0.1, 0.15) is 60.1 Å². The second kappa shape index (κ2) is 11.1. The van der Waals surface area contributed by atoms with Crippen molar-refractivity contribution < 1.29 is 0 Å². The Morgan fingerprint density at radius 1 is 1.00 bits per heavy atom. The number of hydrogen-bond donors (Lipinski definition) is 1. The van der Waals surface area contributed by atoms with Crippen LogP contribution in [-0.2, 0) is 6.42 Å². The van der Waals surface area contributed by atoms with E-state index < -0.39 is 0 Å². The number of benzene rings is 3. The van der Waals surface area contributed by atoms with Crippen LogP contribution in [0.2, 0.25) is 5.02 Å². The molecule has 2 atom stereocenters. The minimum atomic E-state index is 0.299. The summed E-state index contributed by atoms with van der Waals surface area (Å²) in [5.74, 6) is 1.95. The third-order valence-corrected chi connectivity index (χ3v) is 7.96. The lowest BCUT2D eigenvalue weighted by Crippen LogP contribution is -2.16. The van der Waals surface area contributed by atoms with Gasteiger partial charge in [0.2, 0.25) is 0 Å². The average molecular weight is 509 g/mol. The summed E-state index contributed by atoms with van der Waals surface area (Å²) in [4.78, 5) is 4.76. The molecule has 3 aromatic carbocycles. The normalized spacial score (nSPS) is 15.3. The van der Waals surface area contributed by atoms with E-state index in [0.717, 1.165) is 35.0 Å². The highest BCUT2D eigenvalue weighted by atomic mass is 35.5. The number of aromatic nitrogens is 1. The number of hydrogen-bond acceptors (Lipinski definition) is 2. The van der Waals surface area contributed by atoms with Gasteiger partial charge in [0, 0.05) is 15.7 Å². The van der Waals surface area contributed by atoms with Crippen LogP contribution in [0.3, 0.4) is 0 Å². The maximum absolute atomic E-state index is 6.16. The van der Waals surface area contributed by atoms with E-state index in [9.17, 15) is 0 Å². The molecule has 1 fully saturated rings. The highest BCUT2D eigenvalue weighted by Gasteiger charge is 2.35. The topological polar surface area (TPSA) is 12.9 Å². The lowest BCUT2D eigenvalue weighted by molar-refractivity contribution is 0.622. The molecule has 3 heteroatoms. The molecule has 1 radical (unpaired) electrons. The lowest BCUT2D eigenvalue weighted by atomic mass is 9.85. The van der Waals surface area contributed by atoms with Crippen molar-refractivity contribution in [3.05, 3.63) is 124 Å². The first kappa shape index (κ1) is 24.9. The Hall–Kier alpha value is -2.81. The highest BCUT2D eigenvalue weighted by molar-refractivity contribution is 7.81. The Bertz CT molecular complexity index is 1420. The van der Waals surface area contributed by atoms with Crippen LogP contribution in [0.5, 0.6) is 0 Å². The predicted octanol–water partition coefficient (Wildman–Crippen LogP) is 9.47. The van der Waals surface area contributed by atoms with Gasteiger partial charge in [-0.25, -0.2) is 4.98 Å². The number of pyridine rings is 1. The third kappa shape index (κ3) is 5.94. The molecule has 1 saturated carbocycles. The Balaban J connectivity index is 1.38. The maximum atomic E-state index is 6.16. The number of thiol groups is 1. The summed E-state index contributed by atoms with van der Waals surface area (Å²) < 4.78 is 0. The molecule has 0 spiro atoms. The summed E-state index contributed by atoms with van der Waals surface area (Å²) in [6, 6.07) is 27.5. The molecule has 1 nitrogen and oxygen atoms in total. The second-order valence-corrected chi connectivity index (χ2v) is 10.8. The summed E-state index contributed by atoms with van der Waals surface area (Å²) in [5.41, 5.74) is 8.12. The van der Waals surface area contributed by atoms with Crippen LogP contribution >= 0.6 is 24.2 Å². The van der Waals surface area contributed by atoms with Crippen molar-refractivity contribution in [1.29, 1.82) is 0 Å². The molecular formula is C33H31ClNS. The zero-order valence-corrected chi connectivity index (χ0v) is 22.3. The Kier molecular flexibility index (Phi) is 7.65. The van der Waals surface area contributed by atoms with Gasteiger partial charge in [-0.1, -0.05) is 90.5 Å². The fourth-order valence-electron chi connectivity index (χ4n) is 4.90. The van der Waals surface area contributed by atoms with Gasteiger partial charge in [0.05, 0.1) is 11.2 Å². The van der Waals surface area contributed by atoms with Crippen molar-refractivity contribution in [2.75, 3.05) is 0 Å². The van der Waals surface area contributed by atoms with Crippen molar-refractivity contribution in [2.45, 2.75) is 43.8 Å². The zero-order chi connectivity index (χ0) is 25.1. The lowest BCUT2D eigenvalue weighted by Gasteiger charge is -2.24. The minimum absolute atomic E-state index is 0.299. The second-order valence-electron chi connectivity index (χ2n) is 9.76. The molecule has 36 heavy (non-hydrogen) atoms. The third-order valence-electron chi connectivity index (χ3n) is 7.00. The minimum Gasteiger partial charge on any atom is -0.248 e. The molecule has 1 heterocycles. The molecule has 4 aromatic rings. The summed E-state index contributed by atoms with van der Waals surface area (Å²) >= 11 is 11.3. The van der Waals surface area contributed by atoms with Crippen molar-refractivity contribution in [3.8, 4) is 0 Å². The molecular weight excluding hydrogens is 478 g/mol. The van der Waals surface area contributed by atoms with Gasteiger partial charge < -0.3 is 0 Å². The van der Waals surface area contributed by atoms with Crippen molar-refractivity contribution >= 4 is 52.9 Å².